The lowest BCUT2D eigenvalue weighted by atomic mass is 10.1. The van der Waals surface area contributed by atoms with Crippen LogP contribution in [0.1, 0.15) is 99.9 Å². The van der Waals surface area contributed by atoms with Crippen LogP contribution in [0.15, 0.2) is 52.0 Å². The van der Waals surface area contributed by atoms with Gasteiger partial charge < -0.3 is 10.1 Å². The van der Waals surface area contributed by atoms with Crippen LogP contribution in [-0.4, -0.2) is 30.5 Å². The van der Waals surface area contributed by atoms with Gasteiger partial charge in [0, 0.05) is 16.5 Å². The van der Waals surface area contributed by atoms with Crippen LogP contribution in [0.25, 0.3) is 0 Å². The van der Waals surface area contributed by atoms with Crippen molar-refractivity contribution >= 4 is 51.5 Å². The van der Waals surface area contributed by atoms with Gasteiger partial charge in [-0.15, -0.1) is 0 Å². The summed E-state index contributed by atoms with van der Waals surface area (Å²) in [6.45, 7) is 2.07. The van der Waals surface area contributed by atoms with Gasteiger partial charge in [0.25, 0.3) is 5.91 Å². The van der Waals surface area contributed by atoms with E-state index < -0.39 is 11.9 Å². The maximum absolute atomic E-state index is 12.5. The number of amides is 2. The molecular weight excluding hydrogens is 582 g/mol. The molecule has 0 spiro atoms. The van der Waals surface area contributed by atoms with Gasteiger partial charge in [-0.2, -0.15) is 5.10 Å². The van der Waals surface area contributed by atoms with E-state index in [4.69, 9.17) is 16.3 Å². The summed E-state index contributed by atoms with van der Waals surface area (Å²) in [4.78, 5) is 36.7. The first-order valence-electron chi connectivity index (χ1n) is 13.8. The normalized spacial score (nSPS) is 10.9. The number of halogens is 2. The molecule has 2 N–H and O–H groups in total. The van der Waals surface area contributed by atoms with E-state index in [0.29, 0.717) is 12.0 Å². The number of nitrogens with one attached hydrogen (secondary N) is 2. The van der Waals surface area contributed by atoms with Crippen LogP contribution in [0, 0.1) is 0 Å². The molecule has 0 saturated heterocycles. The Hall–Kier alpha value is -2.71. The summed E-state index contributed by atoms with van der Waals surface area (Å²) in [5.74, 6) is -0.961. The SMILES string of the molecule is CCCCCCCCCCCCCC(=O)NCC(=O)NN=Cc1cc(Br)ccc1OC(=O)c1ccccc1Cl. The highest BCUT2D eigenvalue weighted by atomic mass is 79.9. The smallest absolute Gasteiger partial charge is 0.345 e. The number of hydrazone groups is 1. The summed E-state index contributed by atoms with van der Waals surface area (Å²) in [6.07, 6.45) is 15.2. The molecule has 2 aromatic carbocycles. The molecule has 0 aliphatic heterocycles. The van der Waals surface area contributed by atoms with E-state index in [-0.39, 0.29) is 28.8 Å². The highest BCUT2D eigenvalue weighted by Gasteiger charge is 2.14. The summed E-state index contributed by atoms with van der Waals surface area (Å²) in [5, 5.41) is 6.84. The van der Waals surface area contributed by atoms with Crippen molar-refractivity contribution in [1.29, 1.82) is 0 Å². The molecule has 0 aromatic heterocycles. The van der Waals surface area contributed by atoms with E-state index in [0.717, 1.165) is 23.7 Å². The van der Waals surface area contributed by atoms with Gasteiger partial charge in [0.15, 0.2) is 0 Å². The number of hydrogen-bond acceptors (Lipinski definition) is 5. The van der Waals surface area contributed by atoms with E-state index in [1.807, 2.05) is 0 Å². The Kier molecular flexibility index (Phi) is 16.1. The van der Waals surface area contributed by atoms with Crippen LogP contribution >= 0.6 is 27.5 Å². The topological polar surface area (TPSA) is 96.9 Å². The zero-order valence-electron chi connectivity index (χ0n) is 22.6. The summed E-state index contributed by atoms with van der Waals surface area (Å²) in [7, 11) is 0. The molecule has 2 amide bonds. The highest BCUT2D eigenvalue weighted by Crippen LogP contribution is 2.24. The summed E-state index contributed by atoms with van der Waals surface area (Å²) >= 11 is 9.46. The molecular formula is C30H39BrClN3O4. The molecule has 2 aromatic rings. The van der Waals surface area contributed by atoms with E-state index in [1.165, 1.54) is 57.6 Å². The molecule has 0 atom stereocenters. The van der Waals surface area contributed by atoms with Crippen molar-refractivity contribution in [3.8, 4) is 5.75 Å². The maximum Gasteiger partial charge on any atom is 0.345 e. The maximum atomic E-state index is 12.5. The van der Waals surface area contributed by atoms with Crippen molar-refractivity contribution in [2.24, 2.45) is 5.10 Å². The fourth-order valence-electron chi connectivity index (χ4n) is 3.93. The van der Waals surface area contributed by atoms with Crippen LogP contribution < -0.4 is 15.5 Å². The molecule has 212 valence electrons. The summed E-state index contributed by atoms with van der Waals surface area (Å²) in [6, 6.07) is 11.6. The van der Waals surface area contributed by atoms with Gasteiger partial charge >= 0.3 is 5.97 Å². The first kappa shape index (κ1) is 32.5. The Balaban J connectivity index is 1.66. The van der Waals surface area contributed by atoms with E-state index >= 15 is 0 Å². The average molecular weight is 621 g/mol. The monoisotopic (exact) mass is 619 g/mol. The Morgan fingerprint density at radius 1 is 0.897 bits per heavy atom. The lowest BCUT2D eigenvalue weighted by Crippen LogP contribution is -2.34. The fourth-order valence-corrected chi connectivity index (χ4v) is 4.52. The predicted molar refractivity (Wildman–Crippen MR) is 160 cm³/mol. The van der Waals surface area contributed by atoms with Gasteiger partial charge in [-0.05, 0) is 36.8 Å². The second kappa shape index (κ2) is 19.4. The lowest BCUT2D eigenvalue weighted by Gasteiger charge is -2.09. The molecule has 0 saturated carbocycles. The van der Waals surface area contributed by atoms with Gasteiger partial charge in [0.1, 0.15) is 5.75 Å². The van der Waals surface area contributed by atoms with Crippen molar-refractivity contribution in [1.82, 2.24) is 10.7 Å². The molecule has 2 rings (SSSR count). The van der Waals surface area contributed by atoms with E-state index in [9.17, 15) is 14.4 Å². The third-order valence-corrected chi connectivity index (χ3v) is 6.94. The van der Waals surface area contributed by atoms with Crippen LogP contribution in [0.3, 0.4) is 0 Å². The van der Waals surface area contributed by atoms with Crippen molar-refractivity contribution in [3.05, 3.63) is 63.1 Å². The third kappa shape index (κ3) is 13.8. The second-order valence-electron chi connectivity index (χ2n) is 9.41. The minimum atomic E-state index is -0.609. The molecule has 9 heteroatoms. The minimum Gasteiger partial charge on any atom is -0.422 e. The van der Waals surface area contributed by atoms with Crippen molar-refractivity contribution in [3.63, 3.8) is 0 Å². The number of carbonyl (C=O) groups is 3. The van der Waals surface area contributed by atoms with Crippen molar-refractivity contribution in [2.75, 3.05) is 6.54 Å². The number of ether oxygens (including phenoxy) is 1. The molecule has 0 bridgehead atoms. The van der Waals surface area contributed by atoms with Crippen LogP contribution in [0.2, 0.25) is 5.02 Å². The van der Waals surface area contributed by atoms with E-state index in [1.54, 1.807) is 42.5 Å². The summed E-state index contributed by atoms with van der Waals surface area (Å²) in [5.41, 5.74) is 3.08. The molecule has 0 heterocycles. The molecule has 39 heavy (non-hydrogen) atoms. The Bertz CT molecular complexity index is 1090. The van der Waals surface area contributed by atoms with Crippen LogP contribution in [0.5, 0.6) is 5.75 Å². The quantitative estimate of drug-likeness (QED) is 0.0590. The number of benzene rings is 2. The van der Waals surface area contributed by atoms with Crippen molar-refractivity contribution in [2.45, 2.75) is 84.0 Å². The fraction of sp³-hybridized carbons (Fsp3) is 0.467. The predicted octanol–water partition coefficient (Wildman–Crippen LogP) is 7.59. The largest absolute Gasteiger partial charge is 0.422 e. The number of hydrogen-bond donors (Lipinski definition) is 2. The Labute approximate surface area is 245 Å². The molecule has 0 aliphatic carbocycles. The highest BCUT2D eigenvalue weighted by molar-refractivity contribution is 9.10. The number of unbranched alkanes of at least 4 members (excludes halogenated alkanes) is 10. The first-order chi connectivity index (χ1) is 18.9. The molecule has 0 aliphatic rings. The van der Waals surface area contributed by atoms with Crippen molar-refractivity contribution < 1.29 is 19.1 Å². The average Bonchev–Trinajstić information content (AvgIpc) is 2.92. The molecule has 7 nitrogen and oxygen atoms in total. The zero-order valence-corrected chi connectivity index (χ0v) is 25.0. The van der Waals surface area contributed by atoms with Crippen LogP contribution in [0.4, 0.5) is 0 Å². The standard InChI is InChI=1S/C30H39BrClN3O4/c1-2-3-4-5-6-7-8-9-10-11-12-17-28(36)33-22-29(37)35-34-21-23-20-24(31)18-19-27(23)39-30(38)25-15-13-14-16-26(25)32/h13-16,18-21H,2-12,17,22H2,1H3,(H,33,36)(H,35,37). The summed E-state index contributed by atoms with van der Waals surface area (Å²) < 4.78 is 6.23. The number of rotatable bonds is 18. The minimum absolute atomic E-state index is 0.147. The third-order valence-electron chi connectivity index (χ3n) is 6.11. The molecule has 0 unspecified atom stereocenters. The molecule has 0 fully saturated rings. The number of nitrogens with zero attached hydrogens (tertiary/aromatic N) is 1. The Morgan fingerprint density at radius 2 is 1.54 bits per heavy atom. The Morgan fingerprint density at radius 3 is 2.21 bits per heavy atom. The van der Waals surface area contributed by atoms with Gasteiger partial charge in [-0.1, -0.05) is 111 Å². The van der Waals surface area contributed by atoms with Gasteiger partial charge in [-0.3, -0.25) is 9.59 Å². The van der Waals surface area contributed by atoms with Gasteiger partial charge in [0.05, 0.1) is 23.3 Å². The second-order valence-corrected chi connectivity index (χ2v) is 10.7. The number of esters is 1. The molecule has 0 radical (unpaired) electrons. The van der Waals surface area contributed by atoms with E-state index in [2.05, 4.69) is 38.7 Å². The van der Waals surface area contributed by atoms with Crippen LogP contribution in [-0.2, 0) is 9.59 Å². The van der Waals surface area contributed by atoms with Gasteiger partial charge in [0.2, 0.25) is 5.91 Å². The first-order valence-corrected chi connectivity index (χ1v) is 14.9. The lowest BCUT2D eigenvalue weighted by molar-refractivity contribution is -0.126. The van der Waals surface area contributed by atoms with Gasteiger partial charge in [-0.25, -0.2) is 10.2 Å². The zero-order chi connectivity index (χ0) is 28.3. The number of carbonyl (C=O) groups excluding carboxylic acids is 3.